The summed E-state index contributed by atoms with van der Waals surface area (Å²) in [6.45, 7) is 8.51. The van der Waals surface area contributed by atoms with E-state index in [9.17, 15) is 0 Å². The van der Waals surface area contributed by atoms with Crippen molar-refractivity contribution in [3.8, 4) is 28.6 Å². The minimum absolute atomic E-state index is 0.360. The van der Waals surface area contributed by atoms with Crippen molar-refractivity contribution in [2.24, 2.45) is 5.41 Å². The van der Waals surface area contributed by atoms with Crippen LogP contribution in [0, 0.1) is 5.41 Å². The average Bonchev–Trinajstić information content (AvgIpc) is 3.74. The van der Waals surface area contributed by atoms with Crippen molar-refractivity contribution in [1.29, 1.82) is 0 Å². The van der Waals surface area contributed by atoms with Gasteiger partial charge in [0, 0.05) is 41.6 Å². The second-order valence-electron chi connectivity index (χ2n) is 10.4. The van der Waals surface area contributed by atoms with E-state index in [4.69, 9.17) is 14.5 Å². The van der Waals surface area contributed by atoms with Gasteiger partial charge < -0.3 is 14.4 Å². The number of benzene rings is 1. The topological polar surface area (TPSA) is 73.3 Å². The lowest BCUT2D eigenvalue weighted by molar-refractivity contribution is 0.171. The molecule has 0 radical (unpaired) electrons. The molecule has 2 aromatic heterocycles. The highest BCUT2D eigenvalue weighted by molar-refractivity contribution is 5.77. The smallest absolute Gasteiger partial charge is 0.282 e. The second kappa shape index (κ2) is 10.9. The van der Waals surface area contributed by atoms with E-state index >= 15 is 0 Å². The molecule has 2 fully saturated rings. The first kappa shape index (κ1) is 25.2. The second-order valence-corrected chi connectivity index (χ2v) is 10.4. The number of nitrogens with zero attached hydrogens (tertiary/aromatic N) is 5. The minimum Gasteiger partial charge on any atom is -0.481 e. The van der Waals surface area contributed by atoms with Gasteiger partial charge in [-0.05, 0) is 56.4 Å². The van der Waals surface area contributed by atoms with Crippen LogP contribution in [0.15, 0.2) is 42.7 Å². The lowest BCUT2D eigenvalue weighted by atomic mass is 9.72. The standard InChI is InChI=1S/C30H37N5O2/c1-5-8-21-9-13-25(24(17-21)23-12-14-26(36-4)33-27(23)22-10-11-22)37-29-28(31-20-32-34-29)35-18-30(19-35,15-6-2)16-7-3/h5,8-9,12-14,17,20,22H,6-7,10-11,15-16,18-19H2,1-4H3/b8-5+. The van der Waals surface area contributed by atoms with Crippen LogP contribution in [0.3, 0.4) is 0 Å². The predicted molar refractivity (Wildman–Crippen MR) is 147 cm³/mol. The molecule has 7 nitrogen and oxygen atoms in total. The Morgan fingerprint density at radius 1 is 1.05 bits per heavy atom. The Kier molecular flexibility index (Phi) is 7.40. The number of aromatic nitrogens is 4. The summed E-state index contributed by atoms with van der Waals surface area (Å²) >= 11 is 0. The molecule has 0 N–H and O–H groups in total. The summed E-state index contributed by atoms with van der Waals surface area (Å²) in [5.74, 6) is 3.01. The van der Waals surface area contributed by atoms with Gasteiger partial charge in [-0.15, -0.1) is 10.2 Å². The zero-order valence-electron chi connectivity index (χ0n) is 22.4. The van der Waals surface area contributed by atoms with Gasteiger partial charge in [-0.3, -0.25) is 0 Å². The van der Waals surface area contributed by atoms with Gasteiger partial charge in [0.2, 0.25) is 5.88 Å². The zero-order chi connectivity index (χ0) is 25.8. The van der Waals surface area contributed by atoms with Crippen LogP contribution >= 0.6 is 0 Å². The molecule has 0 spiro atoms. The lowest BCUT2D eigenvalue weighted by Gasteiger charge is -2.51. The Hall–Kier alpha value is -3.48. The van der Waals surface area contributed by atoms with E-state index in [-0.39, 0.29) is 0 Å². The molecule has 1 aliphatic heterocycles. The fraction of sp³-hybridized carbons (Fsp3) is 0.467. The number of allylic oxidation sites excluding steroid dienone is 1. The maximum atomic E-state index is 6.52. The molecule has 5 rings (SSSR count). The van der Waals surface area contributed by atoms with Crippen LogP contribution in [0.1, 0.15) is 76.5 Å². The molecule has 7 heteroatoms. The maximum absolute atomic E-state index is 6.52. The van der Waals surface area contributed by atoms with Crippen LogP contribution in [0.25, 0.3) is 17.2 Å². The minimum atomic E-state index is 0.360. The Bertz CT molecular complexity index is 1260. The zero-order valence-corrected chi connectivity index (χ0v) is 22.4. The highest BCUT2D eigenvalue weighted by Gasteiger charge is 2.43. The van der Waals surface area contributed by atoms with Gasteiger partial charge in [-0.2, -0.15) is 0 Å². The number of methoxy groups -OCH3 is 1. The molecule has 0 unspecified atom stereocenters. The van der Waals surface area contributed by atoms with Crippen LogP contribution in [-0.4, -0.2) is 40.4 Å². The first-order valence-corrected chi connectivity index (χ1v) is 13.5. The predicted octanol–water partition coefficient (Wildman–Crippen LogP) is 7.05. The Balaban J connectivity index is 1.50. The first-order valence-electron chi connectivity index (χ1n) is 13.5. The molecular weight excluding hydrogens is 462 g/mol. The van der Waals surface area contributed by atoms with Crippen molar-refractivity contribution in [3.05, 3.63) is 54.0 Å². The summed E-state index contributed by atoms with van der Waals surface area (Å²) in [5, 5.41) is 8.45. The number of hydrogen-bond acceptors (Lipinski definition) is 7. The van der Waals surface area contributed by atoms with Crippen LogP contribution in [-0.2, 0) is 0 Å². The molecule has 1 saturated carbocycles. The van der Waals surface area contributed by atoms with Crippen LogP contribution in [0.2, 0.25) is 0 Å². The van der Waals surface area contributed by atoms with Gasteiger partial charge in [0.05, 0.1) is 12.8 Å². The van der Waals surface area contributed by atoms with E-state index in [1.807, 2.05) is 25.1 Å². The normalized spacial score (nSPS) is 16.6. The summed E-state index contributed by atoms with van der Waals surface area (Å²) < 4.78 is 12.0. The molecule has 1 saturated heterocycles. The molecule has 37 heavy (non-hydrogen) atoms. The van der Waals surface area contributed by atoms with Gasteiger partial charge >= 0.3 is 0 Å². The highest BCUT2D eigenvalue weighted by atomic mass is 16.5. The summed E-state index contributed by atoms with van der Waals surface area (Å²) in [6, 6.07) is 10.2. The Morgan fingerprint density at radius 2 is 1.84 bits per heavy atom. The molecule has 0 atom stereocenters. The third kappa shape index (κ3) is 5.31. The fourth-order valence-electron chi connectivity index (χ4n) is 5.67. The Labute approximate surface area is 220 Å². The molecule has 194 valence electrons. The van der Waals surface area contributed by atoms with E-state index in [0.29, 0.717) is 23.1 Å². The SMILES string of the molecule is C/C=C/c1ccc(Oc2nncnc2N2CC(CCC)(CCC)C2)c(-c2ccc(OC)nc2C2CC2)c1. The fourth-order valence-corrected chi connectivity index (χ4v) is 5.67. The van der Waals surface area contributed by atoms with Crippen molar-refractivity contribution in [2.45, 2.75) is 65.2 Å². The van der Waals surface area contributed by atoms with Gasteiger partial charge in [-0.1, -0.05) is 44.9 Å². The van der Waals surface area contributed by atoms with Crippen molar-refractivity contribution < 1.29 is 9.47 Å². The maximum Gasteiger partial charge on any atom is 0.282 e. The number of ether oxygens (including phenoxy) is 2. The highest BCUT2D eigenvalue weighted by Crippen LogP contribution is 2.48. The van der Waals surface area contributed by atoms with Crippen LogP contribution < -0.4 is 14.4 Å². The molecule has 2 aliphatic rings. The van der Waals surface area contributed by atoms with Crippen molar-refractivity contribution in [3.63, 3.8) is 0 Å². The molecular formula is C30H37N5O2. The molecule has 3 heterocycles. The summed E-state index contributed by atoms with van der Waals surface area (Å²) in [7, 11) is 1.66. The number of hydrogen-bond donors (Lipinski definition) is 0. The summed E-state index contributed by atoms with van der Waals surface area (Å²) in [6.07, 6.45) is 12.8. The monoisotopic (exact) mass is 499 g/mol. The van der Waals surface area contributed by atoms with Crippen molar-refractivity contribution >= 4 is 11.9 Å². The van der Waals surface area contributed by atoms with Gasteiger partial charge in [0.25, 0.3) is 5.88 Å². The van der Waals surface area contributed by atoms with Crippen LogP contribution in [0.5, 0.6) is 17.5 Å². The molecule has 0 amide bonds. The van der Waals surface area contributed by atoms with Gasteiger partial charge in [0.15, 0.2) is 5.82 Å². The van der Waals surface area contributed by atoms with E-state index in [1.54, 1.807) is 7.11 Å². The van der Waals surface area contributed by atoms with Crippen molar-refractivity contribution in [2.75, 3.05) is 25.1 Å². The summed E-state index contributed by atoms with van der Waals surface area (Å²) in [5.41, 5.74) is 4.58. The quantitative estimate of drug-likeness (QED) is 0.280. The van der Waals surface area contributed by atoms with Crippen molar-refractivity contribution in [1.82, 2.24) is 20.2 Å². The van der Waals surface area contributed by atoms with E-state index in [2.05, 4.69) is 58.2 Å². The van der Waals surface area contributed by atoms with Gasteiger partial charge in [-0.25, -0.2) is 9.97 Å². The van der Waals surface area contributed by atoms with Crippen LogP contribution in [0.4, 0.5) is 5.82 Å². The molecule has 1 aliphatic carbocycles. The third-order valence-corrected chi connectivity index (χ3v) is 7.42. The molecule has 1 aromatic carbocycles. The molecule has 3 aromatic rings. The number of anilines is 1. The largest absolute Gasteiger partial charge is 0.481 e. The summed E-state index contributed by atoms with van der Waals surface area (Å²) in [4.78, 5) is 11.7. The average molecular weight is 500 g/mol. The third-order valence-electron chi connectivity index (χ3n) is 7.42. The van der Waals surface area contributed by atoms with Gasteiger partial charge in [0.1, 0.15) is 12.1 Å². The molecule has 0 bridgehead atoms. The number of pyridine rings is 1. The Morgan fingerprint density at radius 3 is 2.51 bits per heavy atom. The van der Waals surface area contributed by atoms with E-state index in [0.717, 1.165) is 59.9 Å². The van der Waals surface area contributed by atoms with E-state index < -0.39 is 0 Å². The first-order chi connectivity index (χ1) is 18.1. The number of rotatable bonds is 11. The lowest BCUT2D eigenvalue weighted by Crippen LogP contribution is -2.56. The van der Waals surface area contributed by atoms with E-state index in [1.165, 1.54) is 32.0 Å².